The standard InChI is InChI=1S/C19H18N4O/c1-3-23(4-2)18-8-6-15(19(24)10-18)13-22-17-7-5-14(11-20)16(9-17)12-21/h5-10,13,24H,3-4H2,1-2H3. The number of phenolic OH excluding ortho intramolecular Hbond substituents is 1. The molecule has 2 aromatic carbocycles. The summed E-state index contributed by atoms with van der Waals surface area (Å²) in [6.45, 7) is 5.86. The molecule has 0 aliphatic heterocycles. The van der Waals surface area contributed by atoms with Crippen molar-refractivity contribution in [2.45, 2.75) is 13.8 Å². The zero-order chi connectivity index (χ0) is 17.5. The molecule has 0 aromatic heterocycles. The van der Waals surface area contributed by atoms with Crippen LogP contribution in [-0.4, -0.2) is 24.4 Å². The topological polar surface area (TPSA) is 83.4 Å². The molecule has 2 rings (SSSR count). The Hall–Kier alpha value is -3.31. The van der Waals surface area contributed by atoms with Crippen LogP contribution >= 0.6 is 0 Å². The van der Waals surface area contributed by atoms with Gasteiger partial charge < -0.3 is 10.0 Å². The fourth-order valence-electron chi connectivity index (χ4n) is 2.37. The van der Waals surface area contributed by atoms with Gasteiger partial charge in [0.25, 0.3) is 0 Å². The molecule has 0 amide bonds. The van der Waals surface area contributed by atoms with Crippen molar-refractivity contribution in [2.24, 2.45) is 4.99 Å². The van der Waals surface area contributed by atoms with Crippen molar-refractivity contribution in [3.8, 4) is 17.9 Å². The molecule has 0 heterocycles. The predicted octanol–water partition coefficient (Wildman–Crippen LogP) is 3.73. The van der Waals surface area contributed by atoms with Crippen LogP contribution in [0.2, 0.25) is 0 Å². The Kier molecular flexibility index (Phi) is 5.54. The first-order valence-electron chi connectivity index (χ1n) is 7.69. The van der Waals surface area contributed by atoms with E-state index >= 15 is 0 Å². The van der Waals surface area contributed by atoms with Gasteiger partial charge in [-0.1, -0.05) is 0 Å². The molecule has 1 N–H and O–H groups in total. The summed E-state index contributed by atoms with van der Waals surface area (Å²) in [4.78, 5) is 6.42. The summed E-state index contributed by atoms with van der Waals surface area (Å²) in [5, 5.41) is 28.1. The molecule has 5 nitrogen and oxygen atoms in total. The molecule has 0 unspecified atom stereocenters. The molecule has 0 aliphatic rings. The highest BCUT2D eigenvalue weighted by atomic mass is 16.3. The lowest BCUT2D eigenvalue weighted by Crippen LogP contribution is -2.21. The van der Waals surface area contributed by atoms with Crippen LogP contribution < -0.4 is 4.90 Å². The highest BCUT2D eigenvalue weighted by Crippen LogP contribution is 2.24. The second-order valence-electron chi connectivity index (χ2n) is 5.13. The van der Waals surface area contributed by atoms with Crippen LogP contribution in [0.1, 0.15) is 30.5 Å². The normalized spacial score (nSPS) is 10.3. The average Bonchev–Trinajstić information content (AvgIpc) is 2.61. The monoisotopic (exact) mass is 318 g/mol. The smallest absolute Gasteiger partial charge is 0.126 e. The van der Waals surface area contributed by atoms with Crippen molar-refractivity contribution in [2.75, 3.05) is 18.0 Å². The Morgan fingerprint density at radius 2 is 1.75 bits per heavy atom. The van der Waals surface area contributed by atoms with Gasteiger partial charge in [-0.15, -0.1) is 0 Å². The van der Waals surface area contributed by atoms with Crippen molar-refractivity contribution >= 4 is 17.6 Å². The fourth-order valence-corrected chi connectivity index (χ4v) is 2.37. The Balaban J connectivity index is 2.27. The largest absolute Gasteiger partial charge is 0.507 e. The van der Waals surface area contributed by atoms with Crippen molar-refractivity contribution in [1.82, 2.24) is 0 Å². The van der Waals surface area contributed by atoms with Gasteiger partial charge in [0.1, 0.15) is 17.9 Å². The summed E-state index contributed by atoms with van der Waals surface area (Å²) in [5.41, 5.74) is 2.71. The number of nitrogens with zero attached hydrogens (tertiary/aromatic N) is 4. The van der Waals surface area contributed by atoms with E-state index in [9.17, 15) is 5.11 Å². The fraction of sp³-hybridized carbons (Fsp3) is 0.211. The Morgan fingerprint density at radius 1 is 1.04 bits per heavy atom. The Morgan fingerprint density at radius 3 is 2.33 bits per heavy atom. The average molecular weight is 318 g/mol. The van der Waals surface area contributed by atoms with Gasteiger partial charge in [-0.25, -0.2) is 0 Å². The van der Waals surface area contributed by atoms with E-state index < -0.39 is 0 Å². The van der Waals surface area contributed by atoms with E-state index in [4.69, 9.17) is 10.5 Å². The number of rotatable bonds is 5. The number of anilines is 1. The quantitative estimate of drug-likeness (QED) is 0.851. The maximum Gasteiger partial charge on any atom is 0.126 e. The summed E-state index contributed by atoms with van der Waals surface area (Å²) in [6, 6.07) is 14.2. The maximum absolute atomic E-state index is 10.2. The number of benzene rings is 2. The molecule has 0 atom stereocenters. The van der Waals surface area contributed by atoms with Crippen LogP contribution in [0.5, 0.6) is 5.75 Å². The van der Waals surface area contributed by atoms with Gasteiger partial charge in [0.05, 0.1) is 16.8 Å². The molecule has 0 aliphatic carbocycles. The first-order chi connectivity index (χ1) is 11.6. The van der Waals surface area contributed by atoms with E-state index in [1.807, 2.05) is 18.2 Å². The van der Waals surface area contributed by atoms with Gasteiger partial charge in [0, 0.05) is 36.6 Å². The van der Waals surface area contributed by atoms with E-state index in [-0.39, 0.29) is 11.3 Å². The van der Waals surface area contributed by atoms with Crippen molar-refractivity contribution in [1.29, 1.82) is 10.5 Å². The summed E-state index contributed by atoms with van der Waals surface area (Å²) in [5.74, 6) is 0.150. The molecule has 0 saturated carbocycles. The number of aromatic hydroxyl groups is 1. The van der Waals surface area contributed by atoms with Crippen LogP contribution in [0.4, 0.5) is 11.4 Å². The third-order valence-electron chi connectivity index (χ3n) is 3.74. The molecule has 0 spiro atoms. The van der Waals surface area contributed by atoms with Gasteiger partial charge in [-0.3, -0.25) is 4.99 Å². The van der Waals surface area contributed by atoms with Crippen molar-refractivity contribution in [3.63, 3.8) is 0 Å². The Bertz CT molecular complexity index is 839. The third-order valence-corrected chi connectivity index (χ3v) is 3.74. The van der Waals surface area contributed by atoms with E-state index in [2.05, 4.69) is 23.7 Å². The summed E-state index contributed by atoms with van der Waals surface area (Å²) >= 11 is 0. The molecule has 0 saturated heterocycles. The second kappa shape index (κ2) is 7.80. The summed E-state index contributed by atoms with van der Waals surface area (Å²) in [7, 11) is 0. The minimum Gasteiger partial charge on any atom is -0.507 e. The lowest BCUT2D eigenvalue weighted by atomic mass is 10.1. The molecule has 0 bridgehead atoms. The van der Waals surface area contributed by atoms with Crippen LogP contribution in [0, 0.1) is 22.7 Å². The van der Waals surface area contributed by atoms with E-state index in [0.29, 0.717) is 16.8 Å². The number of phenols is 1. The maximum atomic E-state index is 10.2. The predicted molar refractivity (Wildman–Crippen MR) is 94.8 cm³/mol. The van der Waals surface area contributed by atoms with Crippen molar-refractivity contribution in [3.05, 3.63) is 53.1 Å². The summed E-state index contributed by atoms with van der Waals surface area (Å²) < 4.78 is 0. The molecule has 120 valence electrons. The Labute approximate surface area is 141 Å². The van der Waals surface area contributed by atoms with Crippen LogP contribution in [-0.2, 0) is 0 Å². The van der Waals surface area contributed by atoms with Gasteiger partial charge in [0.2, 0.25) is 0 Å². The van der Waals surface area contributed by atoms with E-state index in [1.54, 1.807) is 36.5 Å². The second-order valence-corrected chi connectivity index (χ2v) is 5.13. The zero-order valence-electron chi connectivity index (χ0n) is 13.7. The molecule has 0 radical (unpaired) electrons. The minimum absolute atomic E-state index is 0.150. The third kappa shape index (κ3) is 3.71. The van der Waals surface area contributed by atoms with Gasteiger partial charge in [-0.2, -0.15) is 10.5 Å². The van der Waals surface area contributed by atoms with Crippen LogP contribution in [0.15, 0.2) is 41.4 Å². The number of hydrogen-bond acceptors (Lipinski definition) is 5. The summed E-state index contributed by atoms with van der Waals surface area (Å²) in [6.07, 6.45) is 1.55. The van der Waals surface area contributed by atoms with Crippen molar-refractivity contribution < 1.29 is 5.11 Å². The lowest BCUT2D eigenvalue weighted by molar-refractivity contribution is 0.474. The first-order valence-corrected chi connectivity index (χ1v) is 7.69. The zero-order valence-corrected chi connectivity index (χ0v) is 13.7. The van der Waals surface area contributed by atoms with Crippen LogP contribution in [0.3, 0.4) is 0 Å². The number of aliphatic imine (C=N–C) groups is 1. The number of hydrogen-bond donors (Lipinski definition) is 1. The minimum atomic E-state index is 0.150. The SMILES string of the molecule is CCN(CC)c1ccc(C=Nc2ccc(C#N)c(C#N)c2)c(O)c1. The highest BCUT2D eigenvalue weighted by molar-refractivity contribution is 5.86. The molecule has 0 fully saturated rings. The molecular formula is C19H18N4O. The highest BCUT2D eigenvalue weighted by Gasteiger charge is 2.06. The number of nitriles is 2. The van der Waals surface area contributed by atoms with E-state index in [1.165, 1.54) is 0 Å². The molecule has 2 aromatic rings. The van der Waals surface area contributed by atoms with Gasteiger partial charge >= 0.3 is 0 Å². The molecular weight excluding hydrogens is 300 g/mol. The van der Waals surface area contributed by atoms with Gasteiger partial charge in [-0.05, 0) is 44.2 Å². The van der Waals surface area contributed by atoms with E-state index in [0.717, 1.165) is 18.8 Å². The van der Waals surface area contributed by atoms with Crippen LogP contribution in [0.25, 0.3) is 0 Å². The molecule has 5 heteroatoms. The van der Waals surface area contributed by atoms with Gasteiger partial charge in [0.15, 0.2) is 0 Å². The molecule has 24 heavy (non-hydrogen) atoms. The lowest BCUT2D eigenvalue weighted by Gasteiger charge is -2.21. The first kappa shape index (κ1) is 17.1.